The summed E-state index contributed by atoms with van der Waals surface area (Å²) < 4.78 is 22.9. The van der Waals surface area contributed by atoms with E-state index in [0.717, 1.165) is 44.9 Å². The molecule has 0 saturated heterocycles. The van der Waals surface area contributed by atoms with Gasteiger partial charge in [-0.05, 0) is 19.3 Å². The van der Waals surface area contributed by atoms with Gasteiger partial charge in [0.1, 0.15) is 5.78 Å². The van der Waals surface area contributed by atoms with Crippen molar-refractivity contribution in [2.45, 2.75) is 90.3 Å². The minimum absolute atomic E-state index is 0.0175. The maximum absolute atomic E-state index is 12.6. The molecule has 0 aromatic rings. The van der Waals surface area contributed by atoms with Crippen LogP contribution in [0.15, 0.2) is 12.2 Å². The Morgan fingerprint density at radius 2 is 1.86 bits per heavy atom. The molecular weight excluding hydrogens is 387 g/mol. The van der Waals surface area contributed by atoms with Crippen LogP contribution in [-0.2, 0) is 18.8 Å². The van der Waals surface area contributed by atoms with Crippen molar-refractivity contribution in [2.75, 3.05) is 26.5 Å². The molecule has 0 heterocycles. The van der Waals surface area contributed by atoms with Gasteiger partial charge in [0.2, 0.25) is 0 Å². The first-order valence-corrected chi connectivity index (χ1v) is 13.5. The van der Waals surface area contributed by atoms with Gasteiger partial charge < -0.3 is 14.4 Å². The molecule has 0 aromatic carbocycles. The van der Waals surface area contributed by atoms with Crippen LogP contribution in [0.5, 0.6) is 0 Å². The zero-order valence-electron chi connectivity index (χ0n) is 19.0. The van der Waals surface area contributed by atoms with Gasteiger partial charge in [0.05, 0.1) is 12.2 Å². The highest BCUT2D eigenvalue weighted by molar-refractivity contribution is 7.57. The van der Waals surface area contributed by atoms with Gasteiger partial charge in [-0.3, -0.25) is 9.36 Å². The first-order chi connectivity index (χ1) is 13.9. The van der Waals surface area contributed by atoms with Crippen molar-refractivity contribution >= 4 is 13.2 Å². The zero-order valence-corrected chi connectivity index (χ0v) is 19.9. The van der Waals surface area contributed by atoms with Crippen molar-refractivity contribution in [2.24, 2.45) is 11.8 Å². The smallest absolute Gasteiger partial charge is 0.200 e. The first-order valence-electron chi connectivity index (χ1n) is 11.5. The van der Waals surface area contributed by atoms with Gasteiger partial charge >= 0.3 is 0 Å². The van der Waals surface area contributed by atoms with Crippen molar-refractivity contribution in [1.82, 2.24) is 0 Å². The summed E-state index contributed by atoms with van der Waals surface area (Å²) in [6, 6.07) is 0. The third-order valence-electron chi connectivity index (χ3n) is 6.22. The van der Waals surface area contributed by atoms with E-state index in [1.807, 2.05) is 0 Å². The first kappa shape index (κ1) is 26.6. The molecule has 1 N–H and O–H groups in total. The predicted octanol–water partition coefficient (Wildman–Crippen LogP) is 5.60. The monoisotopic (exact) mass is 430 g/mol. The highest BCUT2D eigenvalue weighted by atomic mass is 31.2. The normalized spacial score (nSPS) is 25.6. The van der Waals surface area contributed by atoms with Crippen LogP contribution in [-0.4, -0.2) is 49.4 Å². The lowest BCUT2D eigenvalue weighted by Gasteiger charge is -2.21. The fraction of sp³-hybridized carbons (Fsp3) is 0.870. The van der Waals surface area contributed by atoms with E-state index in [4.69, 9.17) is 9.47 Å². The van der Waals surface area contributed by atoms with Gasteiger partial charge in [-0.1, -0.05) is 64.5 Å². The molecule has 1 unspecified atom stereocenters. The average molecular weight is 431 g/mol. The van der Waals surface area contributed by atoms with Crippen LogP contribution in [0.25, 0.3) is 0 Å². The van der Waals surface area contributed by atoms with Gasteiger partial charge in [0.15, 0.2) is 7.37 Å². The summed E-state index contributed by atoms with van der Waals surface area (Å²) >= 11 is 0. The van der Waals surface area contributed by atoms with Gasteiger partial charge in [0, 0.05) is 44.8 Å². The minimum atomic E-state index is -2.90. The Morgan fingerprint density at radius 1 is 1.14 bits per heavy atom. The Balaban J connectivity index is 2.52. The summed E-state index contributed by atoms with van der Waals surface area (Å²) in [7, 11) is 0.539. The molecular formula is C23H43O5P. The van der Waals surface area contributed by atoms with Gasteiger partial charge in [-0.2, -0.15) is 0 Å². The van der Waals surface area contributed by atoms with Crippen LogP contribution in [0.2, 0.25) is 0 Å². The summed E-state index contributed by atoms with van der Waals surface area (Å²) in [6.45, 7) is 3.96. The molecule has 1 saturated carbocycles. The van der Waals surface area contributed by atoms with Crippen molar-refractivity contribution in [3.8, 4) is 0 Å². The molecule has 1 aliphatic rings. The highest BCUT2D eigenvalue weighted by Gasteiger charge is 2.40. The number of carbonyl (C=O) groups excluding carboxylic acids is 1. The van der Waals surface area contributed by atoms with Crippen molar-refractivity contribution in [3.63, 3.8) is 0 Å². The molecule has 0 amide bonds. The summed E-state index contributed by atoms with van der Waals surface area (Å²) in [4.78, 5) is 22.2. The van der Waals surface area contributed by atoms with E-state index in [-0.39, 0.29) is 24.0 Å². The van der Waals surface area contributed by atoms with E-state index in [0.29, 0.717) is 24.5 Å². The molecule has 1 aliphatic carbocycles. The van der Waals surface area contributed by atoms with Crippen LogP contribution >= 0.6 is 7.37 Å². The van der Waals surface area contributed by atoms with Gasteiger partial charge in [-0.25, -0.2) is 0 Å². The second-order valence-corrected chi connectivity index (χ2v) is 11.1. The van der Waals surface area contributed by atoms with Gasteiger partial charge in [-0.15, -0.1) is 0 Å². The number of rotatable bonds is 16. The summed E-state index contributed by atoms with van der Waals surface area (Å²) in [5.74, 6) is 0.440. The lowest BCUT2D eigenvalue weighted by Crippen LogP contribution is -2.21. The molecule has 0 radical (unpaired) electrons. The number of Topliss-reactive ketones (excluding diaryl/α,β-unsaturated/α-hetero) is 1. The third-order valence-corrected chi connectivity index (χ3v) is 8.23. The van der Waals surface area contributed by atoms with Crippen LogP contribution in [0.4, 0.5) is 0 Å². The molecule has 0 bridgehead atoms. The molecule has 0 aromatic heterocycles. The molecule has 0 aliphatic heterocycles. The fourth-order valence-electron chi connectivity index (χ4n) is 4.19. The Hall–Kier alpha value is -0.480. The number of ketones is 1. The number of carbonyl (C=O) groups is 1. The molecule has 0 spiro atoms. The van der Waals surface area contributed by atoms with E-state index in [1.54, 1.807) is 21.1 Å². The second-order valence-electron chi connectivity index (χ2n) is 8.37. The second kappa shape index (κ2) is 14.5. The van der Waals surface area contributed by atoms with Crippen LogP contribution in [0, 0.1) is 11.8 Å². The third kappa shape index (κ3) is 9.91. The fourth-order valence-corrected chi connectivity index (χ4v) is 5.22. The molecule has 6 heteroatoms. The van der Waals surface area contributed by atoms with Gasteiger partial charge in [0.25, 0.3) is 0 Å². The van der Waals surface area contributed by atoms with E-state index in [9.17, 15) is 14.3 Å². The molecule has 1 rings (SSSR count). The van der Waals surface area contributed by atoms with Crippen molar-refractivity contribution < 1.29 is 23.7 Å². The Morgan fingerprint density at radius 3 is 2.48 bits per heavy atom. The maximum atomic E-state index is 12.6. The van der Waals surface area contributed by atoms with E-state index in [1.165, 1.54) is 12.8 Å². The molecule has 29 heavy (non-hydrogen) atoms. The summed E-state index contributed by atoms with van der Waals surface area (Å²) in [6.07, 6.45) is 14.8. The average Bonchev–Trinajstić information content (AvgIpc) is 3.01. The summed E-state index contributed by atoms with van der Waals surface area (Å²) in [5.41, 5.74) is 0. The van der Waals surface area contributed by atoms with E-state index < -0.39 is 7.37 Å². The lowest BCUT2D eigenvalue weighted by molar-refractivity contribution is -0.121. The van der Waals surface area contributed by atoms with E-state index in [2.05, 4.69) is 19.1 Å². The number of hydrogen-bond donors (Lipinski definition) is 1. The Kier molecular flexibility index (Phi) is 13.3. The van der Waals surface area contributed by atoms with Crippen molar-refractivity contribution in [3.05, 3.63) is 12.2 Å². The predicted molar refractivity (Wildman–Crippen MR) is 120 cm³/mol. The standard InChI is InChI=1S/C23H43O5P/c1-5-7-10-13-19(27-3)15-16-21-20(22(24)18-23(21)28-4)14-11-8-9-12-17-29(25,26)6-2/h15-16,19-21,23H,5-14,17-18H2,1-4H3,(H,25,26)/b16-15+/t19-,20+,21+,23+/m0/s1. The Labute approximate surface area is 178 Å². The summed E-state index contributed by atoms with van der Waals surface area (Å²) in [5, 5.41) is 0. The number of ether oxygens (including phenoxy) is 2. The molecule has 1 fully saturated rings. The Bertz CT molecular complexity index is 533. The van der Waals surface area contributed by atoms with E-state index >= 15 is 0 Å². The zero-order chi connectivity index (χ0) is 21.7. The van der Waals surface area contributed by atoms with Crippen LogP contribution in [0.1, 0.15) is 78.1 Å². The van der Waals surface area contributed by atoms with Crippen LogP contribution in [0.3, 0.4) is 0 Å². The number of methoxy groups -OCH3 is 2. The number of unbranched alkanes of at least 4 members (excludes halogenated alkanes) is 5. The topological polar surface area (TPSA) is 72.8 Å². The molecule has 5 atom stereocenters. The maximum Gasteiger partial charge on any atom is 0.200 e. The molecule has 170 valence electrons. The largest absolute Gasteiger partial charge is 0.380 e. The minimum Gasteiger partial charge on any atom is -0.380 e. The van der Waals surface area contributed by atoms with Crippen molar-refractivity contribution in [1.29, 1.82) is 0 Å². The number of hydrogen-bond acceptors (Lipinski definition) is 4. The quantitative estimate of drug-likeness (QED) is 0.196. The van der Waals surface area contributed by atoms with Crippen LogP contribution < -0.4 is 0 Å². The molecule has 5 nitrogen and oxygen atoms in total. The highest BCUT2D eigenvalue weighted by Crippen LogP contribution is 2.41. The SMILES string of the molecule is CCCCC[C@@H](/C=C/[C@H]1[C@H](OC)CC(=O)[C@@H]1CCCCCCP(=O)(O)CC)OC. The lowest BCUT2D eigenvalue weighted by atomic mass is 9.88.